The fraction of sp³-hybridized carbons (Fsp3) is 0.391. The van der Waals surface area contributed by atoms with Gasteiger partial charge in [-0.05, 0) is 43.4 Å². The number of hydrogen-bond donors (Lipinski definition) is 1. The highest BCUT2D eigenvalue weighted by Crippen LogP contribution is 2.34. The van der Waals surface area contributed by atoms with Gasteiger partial charge in [0.2, 0.25) is 5.91 Å². The van der Waals surface area contributed by atoms with Crippen molar-refractivity contribution in [3.8, 4) is 0 Å². The van der Waals surface area contributed by atoms with Crippen LogP contribution in [0.4, 0.5) is 0 Å². The number of carbonyl (C=O) groups is 2. The summed E-state index contributed by atoms with van der Waals surface area (Å²) < 4.78 is 0. The van der Waals surface area contributed by atoms with Crippen LogP contribution >= 0.6 is 0 Å². The SMILES string of the molecule is C[C@H](C1CCCCC1)N(C(=O)c1ccccc1)C(C(N)=O)c1ccccc1. The molecule has 2 atom stereocenters. The molecule has 0 heterocycles. The summed E-state index contributed by atoms with van der Waals surface area (Å²) in [5.74, 6) is -0.244. The Kier molecular flexibility index (Phi) is 6.28. The van der Waals surface area contributed by atoms with E-state index in [1.807, 2.05) is 48.5 Å². The molecule has 3 rings (SSSR count). The molecular weight excluding hydrogens is 336 g/mol. The molecule has 0 aliphatic heterocycles. The van der Waals surface area contributed by atoms with Gasteiger partial charge < -0.3 is 10.6 Å². The molecule has 1 saturated carbocycles. The number of primary amides is 1. The third-order valence-corrected chi connectivity index (χ3v) is 5.69. The van der Waals surface area contributed by atoms with Gasteiger partial charge in [-0.1, -0.05) is 67.8 Å². The van der Waals surface area contributed by atoms with Crippen LogP contribution in [0, 0.1) is 5.92 Å². The molecule has 0 bridgehead atoms. The Morgan fingerprint density at radius 3 is 2.04 bits per heavy atom. The first kappa shape index (κ1) is 19.2. The lowest BCUT2D eigenvalue weighted by molar-refractivity contribution is -0.123. The maximum atomic E-state index is 13.5. The Balaban J connectivity index is 2.02. The summed E-state index contributed by atoms with van der Waals surface area (Å²) >= 11 is 0. The monoisotopic (exact) mass is 364 g/mol. The largest absolute Gasteiger partial charge is 0.368 e. The van der Waals surface area contributed by atoms with Crippen LogP contribution < -0.4 is 5.73 Å². The van der Waals surface area contributed by atoms with Crippen molar-refractivity contribution >= 4 is 11.8 Å². The summed E-state index contributed by atoms with van der Waals surface area (Å²) in [6.07, 6.45) is 5.76. The van der Waals surface area contributed by atoms with Crippen molar-refractivity contribution in [2.75, 3.05) is 0 Å². The first-order valence-electron chi connectivity index (χ1n) is 9.81. The van der Waals surface area contributed by atoms with Gasteiger partial charge in [0.05, 0.1) is 0 Å². The number of carbonyl (C=O) groups excluding carboxylic acids is 2. The smallest absolute Gasteiger partial charge is 0.255 e. The number of benzene rings is 2. The van der Waals surface area contributed by atoms with E-state index in [9.17, 15) is 9.59 Å². The molecule has 1 unspecified atom stereocenters. The Hall–Kier alpha value is -2.62. The maximum Gasteiger partial charge on any atom is 0.255 e. The first-order chi connectivity index (χ1) is 13.1. The number of hydrogen-bond acceptors (Lipinski definition) is 2. The van der Waals surface area contributed by atoms with Gasteiger partial charge in [-0.15, -0.1) is 0 Å². The second kappa shape index (κ2) is 8.85. The minimum absolute atomic E-state index is 0.0595. The standard InChI is InChI=1S/C23H28N2O2/c1-17(18-11-5-2-6-12-18)25(23(27)20-15-9-4-10-16-20)21(22(24)26)19-13-7-3-8-14-19/h3-4,7-10,13-18,21H,2,5-6,11-12H2,1H3,(H2,24,26)/t17-,21?/m1/s1. The predicted octanol–water partition coefficient (Wildman–Crippen LogP) is 4.32. The lowest BCUT2D eigenvalue weighted by Crippen LogP contribution is -2.49. The van der Waals surface area contributed by atoms with Gasteiger partial charge in [0.1, 0.15) is 6.04 Å². The minimum atomic E-state index is -0.768. The maximum absolute atomic E-state index is 13.5. The predicted molar refractivity (Wildman–Crippen MR) is 107 cm³/mol. The van der Waals surface area contributed by atoms with Crippen molar-refractivity contribution in [3.05, 3.63) is 71.8 Å². The van der Waals surface area contributed by atoms with Gasteiger partial charge in [0.15, 0.2) is 0 Å². The van der Waals surface area contributed by atoms with Gasteiger partial charge >= 0.3 is 0 Å². The molecule has 2 aromatic rings. The second-order valence-electron chi connectivity index (χ2n) is 7.43. The number of nitrogens with zero attached hydrogens (tertiary/aromatic N) is 1. The molecule has 4 nitrogen and oxygen atoms in total. The molecule has 0 saturated heterocycles. The average molecular weight is 364 g/mol. The molecular formula is C23H28N2O2. The minimum Gasteiger partial charge on any atom is -0.368 e. The van der Waals surface area contributed by atoms with Gasteiger partial charge in [-0.25, -0.2) is 0 Å². The normalized spacial score (nSPS) is 17.1. The number of rotatable bonds is 6. The summed E-state index contributed by atoms with van der Waals surface area (Å²) in [4.78, 5) is 27.7. The molecule has 0 spiro atoms. The molecule has 2 N–H and O–H groups in total. The van der Waals surface area contributed by atoms with E-state index < -0.39 is 11.9 Å². The fourth-order valence-electron chi connectivity index (χ4n) is 4.21. The van der Waals surface area contributed by atoms with Crippen molar-refractivity contribution in [1.82, 2.24) is 4.90 Å². The summed E-state index contributed by atoms with van der Waals surface area (Å²) in [6, 6.07) is 17.7. The van der Waals surface area contributed by atoms with Gasteiger partial charge in [-0.2, -0.15) is 0 Å². The lowest BCUT2D eigenvalue weighted by Gasteiger charge is -2.40. The van der Waals surface area contributed by atoms with Crippen molar-refractivity contribution in [1.29, 1.82) is 0 Å². The van der Waals surface area contributed by atoms with Crippen molar-refractivity contribution in [2.45, 2.75) is 51.1 Å². The molecule has 4 heteroatoms. The Labute approximate surface area is 161 Å². The van der Waals surface area contributed by atoms with Crippen LogP contribution in [0.15, 0.2) is 60.7 Å². The molecule has 2 amide bonds. The van der Waals surface area contributed by atoms with E-state index in [4.69, 9.17) is 5.73 Å². The van der Waals surface area contributed by atoms with Crippen LogP contribution in [0.25, 0.3) is 0 Å². The van der Waals surface area contributed by atoms with Gasteiger partial charge in [-0.3, -0.25) is 9.59 Å². The van der Waals surface area contributed by atoms with E-state index >= 15 is 0 Å². The van der Waals surface area contributed by atoms with E-state index in [1.54, 1.807) is 17.0 Å². The second-order valence-corrected chi connectivity index (χ2v) is 7.43. The highest BCUT2D eigenvalue weighted by atomic mass is 16.2. The molecule has 142 valence electrons. The van der Waals surface area contributed by atoms with Crippen molar-refractivity contribution < 1.29 is 9.59 Å². The van der Waals surface area contributed by atoms with E-state index in [1.165, 1.54) is 19.3 Å². The third kappa shape index (κ3) is 4.38. The quantitative estimate of drug-likeness (QED) is 0.829. The number of amides is 2. The summed E-state index contributed by atoms with van der Waals surface area (Å²) in [5, 5.41) is 0. The van der Waals surface area contributed by atoms with E-state index in [0.717, 1.165) is 18.4 Å². The summed E-state index contributed by atoms with van der Waals surface area (Å²) in [5.41, 5.74) is 7.17. The van der Waals surface area contributed by atoms with Crippen LogP contribution in [0.2, 0.25) is 0 Å². The first-order valence-corrected chi connectivity index (χ1v) is 9.81. The molecule has 1 fully saturated rings. The summed E-state index contributed by atoms with van der Waals surface area (Å²) in [7, 11) is 0. The third-order valence-electron chi connectivity index (χ3n) is 5.69. The van der Waals surface area contributed by atoms with Crippen LogP contribution in [-0.2, 0) is 4.79 Å². The Morgan fingerprint density at radius 1 is 0.926 bits per heavy atom. The zero-order valence-corrected chi connectivity index (χ0v) is 15.9. The molecule has 1 aliphatic carbocycles. The molecule has 1 aliphatic rings. The molecule has 27 heavy (non-hydrogen) atoms. The highest BCUT2D eigenvalue weighted by Gasteiger charge is 2.37. The van der Waals surface area contributed by atoms with E-state index in [0.29, 0.717) is 11.5 Å². The van der Waals surface area contributed by atoms with Crippen molar-refractivity contribution in [3.63, 3.8) is 0 Å². The molecule has 0 aromatic heterocycles. The van der Waals surface area contributed by atoms with Crippen LogP contribution in [0.1, 0.15) is 61.0 Å². The van der Waals surface area contributed by atoms with Crippen molar-refractivity contribution in [2.24, 2.45) is 11.7 Å². The van der Waals surface area contributed by atoms with Gasteiger partial charge in [0, 0.05) is 11.6 Å². The fourth-order valence-corrected chi connectivity index (χ4v) is 4.21. The topological polar surface area (TPSA) is 63.4 Å². The van der Waals surface area contributed by atoms with E-state index in [-0.39, 0.29) is 11.9 Å². The Morgan fingerprint density at radius 2 is 1.48 bits per heavy atom. The van der Waals surface area contributed by atoms with Gasteiger partial charge in [0.25, 0.3) is 5.91 Å². The number of nitrogens with two attached hydrogens (primary N) is 1. The lowest BCUT2D eigenvalue weighted by atomic mass is 9.83. The molecule has 2 aromatic carbocycles. The zero-order chi connectivity index (χ0) is 19.2. The highest BCUT2D eigenvalue weighted by molar-refractivity contribution is 5.97. The van der Waals surface area contributed by atoms with Crippen LogP contribution in [0.3, 0.4) is 0 Å². The Bertz CT molecular complexity index is 754. The van der Waals surface area contributed by atoms with Crippen LogP contribution in [0.5, 0.6) is 0 Å². The summed E-state index contributed by atoms with van der Waals surface area (Å²) in [6.45, 7) is 2.07. The molecule has 0 radical (unpaired) electrons. The van der Waals surface area contributed by atoms with E-state index in [2.05, 4.69) is 6.92 Å². The van der Waals surface area contributed by atoms with Crippen LogP contribution in [-0.4, -0.2) is 22.8 Å². The average Bonchev–Trinajstić information content (AvgIpc) is 2.72. The zero-order valence-electron chi connectivity index (χ0n) is 15.9.